The van der Waals surface area contributed by atoms with Crippen LogP contribution >= 0.6 is 0 Å². The molecule has 1 aliphatic heterocycles. The summed E-state index contributed by atoms with van der Waals surface area (Å²) < 4.78 is 1.79. The Bertz CT molecular complexity index is 485. The topological polar surface area (TPSA) is 84.1 Å². The molecule has 1 aliphatic carbocycles. The van der Waals surface area contributed by atoms with Gasteiger partial charge in [-0.3, -0.25) is 4.79 Å². The molecule has 110 valence electrons. The van der Waals surface area contributed by atoms with E-state index in [-0.39, 0.29) is 5.92 Å². The van der Waals surface area contributed by atoms with Crippen LogP contribution in [0.25, 0.3) is 0 Å². The number of carboxylic acid groups (broad SMARTS) is 1. The van der Waals surface area contributed by atoms with Gasteiger partial charge in [0.15, 0.2) is 0 Å². The first-order chi connectivity index (χ1) is 9.65. The van der Waals surface area contributed by atoms with Crippen molar-refractivity contribution < 1.29 is 9.90 Å². The maximum Gasteiger partial charge on any atom is 0.308 e. The average molecular weight is 279 g/mol. The minimum absolute atomic E-state index is 0.169. The van der Waals surface area contributed by atoms with E-state index in [1.54, 1.807) is 4.68 Å². The number of likely N-dealkylation sites (tertiary alicyclic amines) is 1. The Morgan fingerprint density at radius 2 is 2.15 bits per heavy atom. The summed E-state index contributed by atoms with van der Waals surface area (Å²) in [5.74, 6) is 1.05. The van der Waals surface area contributed by atoms with E-state index in [4.69, 9.17) is 0 Å². The van der Waals surface area contributed by atoms with Crippen LogP contribution in [-0.2, 0) is 11.3 Å². The predicted octanol–water partition coefficient (Wildman–Crippen LogP) is 0.414. The Kier molecular flexibility index (Phi) is 3.69. The molecule has 0 spiro atoms. The van der Waals surface area contributed by atoms with Gasteiger partial charge in [-0.25, -0.2) is 4.68 Å². The molecule has 20 heavy (non-hydrogen) atoms. The van der Waals surface area contributed by atoms with Crippen LogP contribution in [0.3, 0.4) is 0 Å². The molecule has 2 heterocycles. The van der Waals surface area contributed by atoms with Crippen molar-refractivity contribution in [1.29, 1.82) is 0 Å². The summed E-state index contributed by atoms with van der Waals surface area (Å²) in [5.41, 5.74) is 0. The maximum atomic E-state index is 11.3. The zero-order valence-corrected chi connectivity index (χ0v) is 11.8. The number of hydrogen-bond donors (Lipinski definition) is 1. The van der Waals surface area contributed by atoms with E-state index in [1.165, 1.54) is 12.8 Å². The summed E-state index contributed by atoms with van der Waals surface area (Å²) >= 11 is 0. The van der Waals surface area contributed by atoms with Crippen LogP contribution < -0.4 is 0 Å². The number of hydrogen-bond acceptors (Lipinski definition) is 5. The van der Waals surface area contributed by atoms with Gasteiger partial charge in [0.25, 0.3) is 0 Å². The van der Waals surface area contributed by atoms with Crippen LogP contribution in [0.2, 0.25) is 0 Å². The molecule has 0 amide bonds. The zero-order valence-electron chi connectivity index (χ0n) is 11.8. The van der Waals surface area contributed by atoms with Crippen molar-refractivity contribution in [3.05, 3.63) is 5.82 Å². The molecule has 1 aromatic rings. The van der Waals surface area contributed by atoms with Crippen LogP contribution in [0, 0.1) is 24.7 Å². The quantitative estimate of drug-likeness (QED) is 0.812. The molecule has 0 aromatic carbocycles. The summed E-state index contributed by atoms with van der Waals surface area (Å²) in [4.78, 5) is 13.6. The number of rotatable bonds is 6. The van der Waals surface area contributed by atoms with Crippen molar-refractivity contribution >= 4 is 5.97 Å². The number of carboxylic acids is 1. The highest BCUT2D eigenvalue weighted by Crippen LogP contribution is 2.44. The highest BCUT2D eigenvalue weighted by Gasteiger charge is 2.45. The Morgan fingerprint density at radius 3 is 2.75 bits per heavy atom. The van der Waals surface area contributed by atoms with Crippen molar-refractivity contribution in [3.8, 4) is 0 Å². The van der Waals surface area contributed by atoms with Crippen LogP contribution in [0.5, 0.6) is 0 Å². The molecule has 2 aliphatic rings. The molecule has 0 radical (unpaired) electrons. The van der Waals surface area contributed by atoms with Gasteiger partial charge < -0.3 is 10.0 Å². The summed E-state index contributed by atoms with van der Waals surface area (Å²) in [5, 5.41) is 20.7. The van der Waals surface area contributed by atoms with E-state index in [9.17, 15) is 9.90 Å². The van der Waals surface area contributed by atoms with Gasteiger partial charge in [0, 0.05) is 19.6 Å². The van der Waals surface area contributed by atoms with Gasteiger partial charge in [0.1, 0.15) is 5.82 Å². The number of aliphatic carboxylic acids is 1. The second kappa shape index (κ2) is 5.47. The molecular formula is C13H21N5O2. The van der Waals surface area contributed by atoms with Gasteiger partial charge in [0.2, 0.25) is 0 Å². The lowest BCUT2D eigenvalue weighted by atomic mass is 9.92. The summed E-state index contributed by atoms with van der Waals surface area (Å²) in [7, 11) is 0. The van der Waals surface area contributed by atoms with Gasteiger partial charge in [-0.15, -0.1) is 5.10 Å². The molecule has 0 unspecified atom stereocenters. The van der Waals surface area contributed by atoms with E-state index >= 15 is 0 Å². The number of aryl methyl sites for hydroxylation is 2. The first-order valence-corrected chi connectivity index (χ1v) is 7.33. The lowest BCUT2D eigenvalue weighted by Crippen LogP contribution is -2.25. The molecule has 1 saturated heterocycles. The first kappa shape index (κ1) is 13.5. The molecule has 3 rings (SSSR count). The molecule has 2 fully saturated rings. The number of nitrogens with zero attached hydrogens (tertiary/aromatic N) is 5. The monoisotopic (exact) mass is 279 g/mol. The highest BCUT2D eigenvalue weighted by molar-refractivity contribution is 5.71. The molecule has 7 heteroatoms. The minimum atomic E-state index is -0.624. The molecule has 7 nitrogen and oxygen atoms in total. The van der Waals surface area contributed by atoms with E-state index in [1.807, 2.05) is 6.92 Å². The second-order valence-electron chi connectivity index (χ2n) is 6.01. The van der Waals surface area contributed by atoms with Gasteiger partial charge in [-0.1, -0.05) is 0 Å². The Morgan fingerprint density at radius 1 is 1.35 bits per heavy atom. The summed E-state index contributed by atoms with van der Waals surface area (Å²) in [6.07, 6.45) is 3.38. The van der Waals surface area contributed by atoms with Crippen LogP contribution in [0.4, 0.5) is 0 Å². The van der Waals surface area contributed by atoms with E-state index < -0.39 is 5.97 Å². The van der Waals surface area contributed by atoms with Crippen molar-refractivity contribution in [1.82, 2.24) is 25.1 Å². The summed E-state index contributed by atoms with van der Waals surface area (Å²) in [6, 6.07) is 0. The van der Waals surface area contributed by atoms with Crippen molar-refractivity contribution in [2.24, 2.45) is 17.8 Å². The normalized spacial score (nSPS) is 27.1. The number of tetrazole rings is 1. The SMILES string of the molecule is Cc1nnnn1CCCN1C[C@H](C(=O)O)[C@@H](C2CC2)C1. The third-order valence-electron chi connectivity index (χ3n) is 4.54. The molecule has 2 atom stereocenters. The number of carbonyl (C=O) groups is 1. The highest BCUT2D eigenvalue weighted by atomic mass is 16.4. The standard InChI is InChI=1S/C13H21N5O2/c1-9-14-15-16-18(9)6-2-5-17-7-11(10-3-4-10)12(8-17)13(19)20/h10-12H,2-8H2,1H3,(H,19,20)/t11-,12+/m1/s1. The molecule has 1 saturated carbocycles. The molecule has 1 aromatic heterocycles. The second-order valence-corrected chi connectivity index (χ2v) is 6.01. The lowest BCUT2D eigenvalue weighted by Gasteiger charge is -2.15. The van der Waals surface area contributed by atoms with E-state index in [2.05, 4.69) is 20.4 Å². The molecule has 0 bridgehead atoms. The van der Waals surface area contributed by atoms with E-state index in [0.29, 0.717) is 18.4 Å². The fraction of sp³-hybridized carbons (Fsp3) is 0.846. The largest absolute Gasteiger partial charge is 0.481 e. The fourth-order valence-electron chi connectivity index (χ4n) is 3.26. The van der Waals surface area contributed by atoms with Crippen LogP contribution in [-0.4, -0.2) is 55.8 Å². The summed E-state index contributed by atoms with van der Waals surface area (Å²) in [6.45, 7) is 5.24. The smallest absolute Gasteiger partial charge is 0.308 e. The van der Waals surface area contributed by atoms with Gasteiger partial charge >= 0.3 is 5.97 Å². The van der Waals surface area contributed by atoms with Crippen molar-refractivity contribution in [2.45, 2.75) is 32.7 Å². The minimum Gasteiger partial charge on any atom is -0.481 e. The third-order valence-corrected chi connectivity index (χ3v) is 4.54. The first-order valence-electron chi connectivity index (χ1n) is 7.33. The maximum absolute atomic E-state index is 11.3. The van der Waals surface area contributed by atoms with Crippen LogP contribution in [0.15, 0.2) is 0 Å². The Balaban J connectivity index is 1.49. The Hall–Kier alpha value is -1.50. The van der Waals surface area contributed by atoms with Gasteiger partial charge in [-0.2, -0.15) is 0 Å². The third kappa shape index (κ3) is 2.82. The van der Waals surface area contributed by atoms with Crippen LogP contribution in [0.1, 0.15) is 25.1 Å². The van der Waals surface area contributed by atoms with Crippen molar-refractivity contribution in [2.75, 3.05) is 19.6 Å². The molecular weight excluding hydrogens is 258 g/mol. The zero-order chi connectivity index (χ0) is 14.1. The average Bonchev–Trinajstić information content (AvgIpc) is 3.04. The fourth-order valence-corrected chi connectivity index (χ4v) is 3.26. The Labute approximate surface area is 117 Å². The van der Waals surface area contributed by atoms with Gasteiger partial charge in [0.05, 0.1) is 5.92 Å². The predicted molar refractivity (Wildman–Crippen MR) is 71.0 cm³/mol. The van der Waals surface area contributed by atoms with Crippen molar-refractivity contribution in [3.63, 3.8) is 0 Å². The molecule has 1 N–H and O–H groups in total. The number of aromatic nitrogens is 4. The van der Waals surface area contributed by atoms with E-state index in [0.717, 1.165) is 31.9 Å². The van der Waals surface area contributed by atoms with Gasteiger partial charge in [-0.05, 0) is 55.0 Å². The lowest BCUT2D eigenvalue weighted by molar-refractivity contribution is -0.142.